The Kier molecular flexibility index (Phi) is 4.61. The third-order valence-electron chi connectivity index (χ3n) is 5.58. The molecule has 1 aromatic carbocycles. The Morgan fingerprint density at radius 3 is 3.00 bits per heavy atom. The maximum absolute atomic E-state index is 13.3. The lowest BCUT2D eigenvalue weighted by Gasteiger charge is -2.17. The fraction of sp³-hybridized carbons (Fsp3) is 0.429. The Hall–Kier alpha value is -3.03. The van der Waals surface area contributed by atoms with E-state index in [1.54, 1.807) is 6.07 Å². The third-order valence-corrected chi connectivity index (χ3v) is 5.58. The number of carbonyl (C=O) groups is 1. The van der Waals surface area contributed by atoms with E-state index < -0.39 is 0 Å². The van der Waals surface area contributed by atoms with E-state index in [4.69, 9.17) is 4.98 Å². The Labute approximate surface area is 167 Å². The summed E-state index contributed by atoms with van der Waals surface area (Å²) in [5, 5.41) is 3.10. The lowest BCUT2D eigenvalue weighted by molar-refractivity contribution is -0.121. The van der Waals surface area contributed by atoms with Crippen LogP contribution >= 0.6 is 0 Å². The molecular formula is C21H23FN6O. The van der Waals surface area contributed by atoms with Crippen molar-refractivity contribution in [3.8, 4) is 0 Å². The predicted octanol–water partition coefficient (Wildman–Crippen LogP) is 2.70. The van der Waals surface area contributed by atoms with Crippen molar-refractivity contribution < 1.29 is 9.18 Å². The van der Waals surface area contributed by atoms with Crippen molar-refractivity contribution >= 4 is 22.9 Å². The van der Waals surface area contributed by atoms with Crippen LogP contribution < -0.4 is 10.2 Å². The van der Waals surface area contributed by atoms with E-state index >= 15 is 0 Å². The van der Waals surface area contributed by atoms with Crippen molar-refractivity contribution in [1.29, 1.82) is 0 Å². The molecule has 1 unspecified atom stereocenters. The van der Waals surface area contributed by atoms with Gasteiger partial charge < -0.3 is 15.2 Å². The van der Waals surface area contributed by atoms with Crippen molar-refractivity contribution in [2.45, 2.75) is 44.1 Å². The monoisotopic (exact) mass is 394 g/mol. The predicted molar refractivity (Wildman–Crippen MR) is 107 cm³/mol. The number of aryl methyl sites for hydroxylation is 1. The van der Waals surface area contributed by atoms with E-state index in [2.05, 4.69) is 25.2 Å². The molecule has 2 N–H and O–H groups in total. The van der Waals surface area contributed by atoms with Gasteiger partial charge in [-0.05, 0) is 43.5 Å². The average molecular weight is 394 g/mol. The number of rotatable bonds is 6. The molecule has 5 rings (SSSR count). The summed E-state index contributed by atoms with van der Waals surface area (Å²) < 4.78 is 13.3. The molecule has 1 amide bonds. The van der Waals surface area contributed by atoms with Crippen molar-refractivity contribution in [3.63, 3.8) is 0 Å². The average Bonchev–Trinajstić information content (AvgIpc) is 3.34. The molecule has 0 spiro atoms. The van der Waals surface area contributed by atoms with Crippen LogP contribution in [-0.4, -0.2) is 45.0 Å². The number of aromatic amines is 1. The number of nitrogens with one attached hydrogen (secondary N) is 2. The van der Waals surface area contributed by atoms with Gasteiger partial charge in [-0.15, -0.1) is 0 Å². The minimum absolute atomic E-state index is 0.00358. The van der Waals surface area contributed by atoms with Gasteiger partial charge in [0.15, 0.2) is 0 Å². The largest absolute Gasteiger partial charge is 0.352 e. The number of hydrogen-bond acceptors (Lipinski definition) is 5. The lowest BCUT2D eigenvalue weighted by Crippen LogP contribution is -2.37. The molecule has 2 fully saturated rings. The molecule has 29 heavy (non-hydrogen) atoms. The normalized spacial score (nSPS) is 19.1. The van der Waals surface area contributed by atoms with Gasteiger partial charge in [0.25, 0.3) is 0 Å². The Morgan fingerprint density at radius 1 is 1.24 bits per heavy atom. The number of hydrogen-bond donors (Lipinski definition) is 2. The van der Waals surface area contributed by atoms with Gasteiger partial charge in [0.05, 0.1) is 11.0 Å². The number of halogens is 1. The molecule has 1 atom stereocenters. The number of aromatic nitrogens is 4. The number of imidazole rings is 1. The second kappa shape index (κ2) is 7.42. The fourth-order valence-corrected chi connectivity index (χ4v) is 3.87. The quantitative estimate of drug-likeness (QED) is 0.671. The van der Waals surface area contributed by atoms with Crippen LogP contribution in [0.3, 0.4) is 0 Å². The summed E-state index contributed by atoms with van der Waals surface area (Å²) >= 11 is 0. The molecule has 2 aromatic heterocycles. The van der Waals surface area contributed by atoms with Gasteiger partial charge >= 0.3 is 0 Å². The number of amides is 1. The maximum atomic E-state index is 13.3. The molecule has 1 saturated heterocycles. The van der Waals surface area contributed by atoms with E-state index in [-0.39, 0.29) is 17.8 Å². The summed E-state index contributed by atoms with van der Waals surface area (Å²) in [4.78, 5) is 31.1. The van der Waals surface area contributed by atoms with E-state index in [1.165, 1.54) is 25.0 Å². The fourth-order valence-electron chi connectivity index (χ4n) is 3.87. The highest BCUT2D eigenvalue weighted by molar-refractivity contribution is 5.77. The molecule has 150 valence electrons. The van der Waals surface area contributed by atoms with Crippen LogP contribution in [0.25, 0.3) is 11.0 Å². The zero-order chi connectivity index (χ0) is 19.8. The van der Waals surface area contributed by atoms with Crippen molar-refractivity contribution in [2.24, 2.45) is 0 Å². The van der Waals surface area contributed by atoms with Crippen LogP contribution in [0, 0.1) is 5.82 Å². The number of H-pyrrole nitrogens is 1. The third kappa shape index (κ3) is 4.06. The molecular weight excluding hydrogens is 371 g/mol. The molecule has 1 aliphatic heterocycles. The minimum Gasteiger partial charge on any atom is -0.352 e. The molecule has 2 aliphatic rings. The SMILES string of the molecule is O=C(CCc1nc2ccc(F)cc2[nH]1)NC1CCN(c2nccc(C3CC3)n2)C1. The number of carbonyl (C=O) groups excluding carboxylic acids is 1. The van der Waals surface area contributed by atoms with Crippen LogP contribution in [0.5, 0.6) is 0 Å². The van der Waals surface area contributed by atoms with Crippen molar-refractivity contribution in [2.75, 3.05) is 18.0 Å². The Bertz CT molecular complexity index is 1050. The topological polar surface area (TPSA) is 86.8 Å². The molecule has 1 saturated carbocycles. The molecule has 3 aromatic rings. The molecule has 0 bridgehead atoms. The highest BCUT2D eigenvalue weighted by Gasteiger charge is 2.28. The molecule has 8 heteroatoms. The van der Waals surface area contributed by atoms with Crippen LogP contribution in [0.1, 0.15) is 43.1 Å². The highest BCUT2D eigenvalue weighted by Crippen LogP contribution is 2.39. The Morgan fingerprint density at radius 2 is 2.14 bits per heavy atom. The van der Waals surface area contributed by atoms with Gasteiger partial charge in [-0.2, -0.15) is 0 Å². The first-order chi connectivity index (χ1) is 14.1. The molecule has 7 nitrogen and oxygen atoms in total. The first-order valence-electron chi connectivity index (χ1n) is 10.2. The van der Waals surface area contributed by atoms with Gasteiger partial charge in [0.1, 0.15) is 11.6 Å². The van der Waals surface area contributed by atoms with E-state index in [9.17, 15) is 9.18 Å². The summed E-state index contributed by atoms with van der Waals surface area (Å²) in [6, 6.07) is 6.54. The Balaban J connectivity index is 1.13. The van der Waals surface area contributed by atoms with E-state index in [1.807, 2.05) is 12.3 Å². The highest BCUT2D eigenvalue weighted by atomic mass is 19.1. The standard InChI is InChI=1S/C21H23FN6O/c22-14-3-4-17-18(11-14)26-19(25-17)5-6-20(29)24-15-8-10-28(12-15)21-23-9-7-16(27-21)13-1-2-13/h3-4,7,9,11,13,15H,1-2,5-6,8,10,12H2,(H,24,29)(H,25,26). The van der Waals surface area contributed by atoms with Gasteiger partial charge in [-0.25, -0.2) is 19.3 Å². The summed E-state index contributed by atoms with van der Waals surface area (Å²) in [5.41, 5.74) is 2.50. The summed E-state index contributed by atoms with van der Waals surface area (Å²) in [7, 11) is 0. The van der Waals surface area contributed by atoms with Crippen molar-refractivity contribution in [1.82, 2.24) is 25.3 Å². The maximum Gasteiger partial charge on any atom is 0.225 e. The number of nitrogens with zero attached hydrogens (tertiary/aromatic N) is 4. The zero-order valence-corrected chi connectivity index (χ0v) is 16.1. The molecule has 0 radical (unpaired) electrons. The van der Waals surface area contributed by atoms with Crippen LogP contribution in [0.2, 0.25) is 0 Å². The van der Waals surface area contributed by atoms with Crippen LogP contribution in [0.15, 0.2) is 30.5 Å². The van der Waals surface area contributed by atoms with Crippen molar-refractivity contribution in [3.05, 3.63) is 47.8 Å². The first-order valence-corrected chi connectivity index (χ1v) is 10.2. The van der Waals surface area contributed by atoms with Gasteiger partial charge in [0, 0.05) is 49.8 Å². The van der Waals surface area contributed by atoms with Gasteiger partial charge in [0.2, 0.25) is 11.9 Å². The van der Waals surface area contributed by atoms with E-state index in [0.717, 1.165) is 31.2 Å². The number of benzene rings is 1. The second-order valence-corrected chi connectivity index (χ2v) is 7.90. The first kappa shape index (κ1) is 18.0. The zero-order valence-electron chi connectivity index (χ0n) is 16.1. The van der Waals surface area contributed by atoms with E-state index in [0.29, 0.717) is 35.6 Å². The summed E-state index contributed by atoms with van der Waals surface area (Å²) in [6.45, 7) is 1.57. The van der Waals surface area contributed by atoms with Crippen LogP contribution in [-0.2, 0) is 11.2 Å². The second-order valence-electron chi connectivity index (χ2n) is 7.90. The smallest absolute Gasteiger partial charge is 0.225 e. The summed E-state index contributed by atoms with van der Waals surface area (Å²) in [6.07, 6.45) is 5.98. The number of fused-ring (bicyclic) bond motifs is 1. The van der Waals surface area contributed by atoms with Gasteiger partial charge in [-0.1, -0.05) is 0 Å². The molecule has 3 heterocycles. The minimum atomic E-state index is -0.303. The lowest BCUT2D eigenvalue weighted by atomic mass is 10.2. The molecule has 1 aliphatic carbocycles. The summed E-state index contributed by atoms with van der Waals surface area (Å²) in [5.74, 6) is 1.75. The van der Waals surface area contributed by atoms with Gasteiger partial charge in [-0.3, -0.25) is 4.79 Å². The number of anilines is 1. The van der Waals surface area contributed by atoms with Crippen LogP contribution in [0.4, 0.5) is 10.3 Å².